The maximum absolute atomic E-state index is 11.9. The molecule has 3 N–H and O–H groups in total. The van der Waals surface area contributed by atoms with Crippen molar-refractivity contribution >= 4 is 52.3 Å². The lowest BCUT2D eigenvalue weighted by Gasteiger charge is -2.17. The van der Waals surface area contributed by atoms with Crippen LogP contribution in [0.25, 0.3) is 0 Å². The number of anilines is 1. The third kappa shape index (κ3) is 8.82. The maximum Gasteiger partial charge on any atom is 0.268 e. The van der Waals surface area contributed by atoms with Crippen LogP contribution in [-0.4, -0.2) is 41.3 Å². The second-order valence-corrected chi connectivity index (χ2v) is 8.57. The fourth-order valence-corrected chi connectivity index (χ4v) is 3.96. The molecule has 3 rings (SSSR count). The van der Waals surface area contributed by atoms with E-state index in [1.54, 1.807) is 18.0 Å². The summed E-state index contributed by atoms with van der Waals surface area (Å²) in [5.41, 5.74) is 0.805. The molecule has 31 heavy (non-hydrogen) atoms. The molecule has 0 bridgehead atoms. The van der Waals surface area contributed by atoms with Gasteiger partial charge < -0.3 is 20.7 Å². The first-order valence-corrected chi connectivity index (χ1v) is 11.1. The molecule has 2 aromatic rings. The summed E-state index contributed by atoms with van der Waals surface area (Å²) in [6, 6.07) is 9.42. The van der Waals surface area contributed by atoms with E-state index in [-0.39, 0.29) is 11.9 Å². The molecule has 0 aliphatic carbocycles. The van der Waals surface area contributed by atoms with E-state index in [1.165, 1.54) is 18.4 Å². The zero-order valence-corrected chi connectivity index (χ0v) is 19.1. The van der Waals surface area contributed by atoms with Crippen LogP contribution in [-0.2, 0) is 16.1 Å². The number of hydrogen-bond donors (Lipinski definition) is 3. The molecule has 166 valence electrons. The quantitative estimate of drug-likeness (QED) is 0.255. The van der Waals surface area contributed by atoms with Crippen LogP contribution in [0.4, 0.5) is 5.69 Å². The lowest BCUT2D eigenvalue weighted by Crippen LogP contribution is -2.34. The van der Waals surface area contributed by atoms with E-state index in [0.717, 1.165) is 16.3 Å². The Hall–Kier alpha value is -2.83. The summed E-state index contributed by atoms with van der Waals surface area (Å²) in [6.07, 6.45) is 1.60. The van der Waals surface area contributed by atoms with Crippen molar-refractivity contribution in [1.82, 2.24) is 15.6 Å². The summed E-state index contributed by atoms with van der Waals surface area (Å²) in [6.45, 7) is 2.89. The molecule has 1 amide bonds. The van der Waals surface area contributed by atoms with Gasteiger partial charge in [-0.2, -0.15) is 0 Å². The van der Waals surface area contributed by atoms with Crippen LogP contribution in [0.3, 0.4) is 0 Å². The number of ether oxygens (including phenoxy) is 1. The number of halogens is 1. The Morgan fingerprint density at radius 2 is 2.13 bits per heavy atom. The molecule has 10 nitrogen and oxygen atoms in total. The SMILES string of the molecule is CC1=C(C(=O)Nc2ccccc2)SCCO1.CN/C(=N\[N+](=O)[O-])NCc1cnc(Cl)s1. The summed E-state index contributed by atoms with van der Waals surface area (Å²) in [7, 11) is 1.54. The van der Waals surface area contributed by atoms with Crippen molar-refractivity contribution in [3.63, 3.8) is 0 Å². The molecule has 0 radical (unpaired) electrons. The molecule has 0 saturated heterocycles. The number of thioether (sulfide) groups is 1. The number of nitrogens with one attached hydrogen (secondary N) is 3. The topological polar surface area (TPSA) is 131 Å². The largest absolute Gasteiger partial charge is 0.496 e. The molecule has 0 spiro atoms. The first kappa shape index (κ1) is 24.4. The van der Waals surface area contributed by atoms with E-state index in [9.17, 15) is 14.9 Å². The van der Waals surface area contributed by atoms with Gasteiger partial charge in [-0.15, -0.1) is 23.1 Å². The van der Waals surface area contributed by atoms with E-state index in [1.807, 2.05) is 37.3 Å². The molecule has 0 unspecified atom stereocenters. The Morgan fingerprint density at radius 1 is 1.39 bits per heavy atom. The average Bonchev–Trinajstić information content (AvgIpc) is 3.17. The van der Waals surface area contributed by atoms with Crippen LogP contribution in [0.1, 0.15) is 11.8 Å². The zero-order chi connectivity index (χ0) is 22.6. The number of benzene rings is 1. The monoisotopic (exact) mass is 484 g/mol. The number of rotatable bonds is 5. The van der Waals surface area contributed by atoms with Gasteiger partial charge in [-0.1, -0.05) is 29.8 Å². The predicted octanol–water partition coefficient (Wildman–Crippen LogP) is 3.27. The van der Waals surface area contributed by atoms with Crippen molar-refractivity contribution in [2.75, 3.05) is 24.7 Å². The van der Waals surface area contributed by atoms with Crippen LogP contribution in [0.2, 0.25) is 4.47 Å². The minimum atomic E-state index is -0.779. The Kier molecular flexibility index (Phi) is 10.1. The minimum absolute atomic E-state index is 0.0875. The molecule has 13 heteroatoms. The highest BCUT2D eigenvalue weighted by atomic mass is 35.5. The van der Waals surface area contributed by atoms with Gasteiger partial charge >= 0.3 is 0 Å². The number of guanidine groups is 1. The Bertz CT molecular complexity index is 952. The third-order valence-corrected chi connectivity index (χ3v) is 5.83. The van der Waals surface area contributed by atoms with Crippen LogP contribution >= 0.6 is 34.7 Å². The molecule has 1 aromatic carbocycles. The van der Waals surface area contributed by atoms with Crippen molar-refractivity contribution < 1.29 is 14.6 Å². The van der Waals surface area contributed by atoms with E-state index >= 15 is 0 Å². The number of nitrogens with zero attached hydrogens (tertiary/aromatic N) is 3. The average molecular weight is 485 g/mol. The van der Waals surface area contributed by atoms with Crippen molar-refractivity contribution in [2.45, 2.75) is 13.5 Å². The van der Waals surface area contributed by atoms with Crippen molar-refractivity contribution in [3.05, 3.63) is 66.7 Å². The number of para-hydroxylation sites is 1. The molecule has 2 heterocycles. The molecule has 1 aromatic heterocycles. The molecular formula is C18H21ClN6O4S2. The fourth-order valence-electron chi connectivity index (χ4n) is 2.23. The second-order valence-electron chi connectivity index (χ2n) is 5.77. The normalized spacial score (nSPS) is 13.5. The first-order valence-electron chi connectivity index (χ1n) is 8.96. The number of carbonyl (C=O) groups excluding carboxylic acids is 1. The minimum Gasteiger partial charge on any atom is -0.496 e. The van der Waals surface area contributed by atoms with Crippen LogP contribution in [0.15, 0.2) is 52.3 Å². The lowest BCUT2D eigenvalue weighted by molar-refractivity contribution is -0.485. The molecule has 1 aliphatic heterocycles. The number of thiazole rings is 1. The van der Waals surface area contributed by atoms with Crippen LogP contribution < -0.4 is 16.0 Å². The molecule has 0 atom stereocenters. The summed E-state index contributed by atoms with van der Waals surface area (Å²) >= 11 is 8.46. The highest BCUT2D eigenvalue weighted by molar-refractivity contribution is 8.04. The smallest absolute Gasteiger partial charge is 0.268 e. The van der Waals surface area contributed by atoms with Crippen molar-refractivity contribution in [1.29, 1.82) is 0 Å². The van der Waals surface area contributed by atoms with E-state index < -0.39 is 5.03 Å². The molecule has 0 fully saturated rings. The fraction of sp³-hybridized carbons (Fsp3) is 0.278. The van der Waals surface area contributed by atoms with Crippen LogP contribution in [0, 0.1) is 10.1 Å². The van der Waals surface area contributed by atoms with Gasteiger partial charge in [-0.05, 0) is 19.1 Å². The Morgan fingerprint density at radius 3 is 2.71 bits per heavy atom. The zero-order valence-electron chi connectivity index (χ0n) is 16.8. The number of nitro groups is 1. The molecule has 0 saturated carbocycles. The van der Waals surface area contributed by atoms with Gasteiger partial charge in [-0.3, -0.25) is 4.79 Å². The van der Waals surface area contributed by atoms with Crippen molar-refractivity contribution in [2.24, 2.45) is 5.10 Å². The Balaban J connectivity index is 0.000000221. The van der Waals surface area contributed by atoms with Gasteiger partial charge in [0, 0.05) is 29.6 Å². The summed E-state index contributed by atoms with van der Waals surface area (Å²) in [4.78, 5) is 27.4. The number of hydrazone groups is 1. The Labute approximate surface area is 192 Å². The third-order valence-electron chi connectivity index (χ3n) is 3.58. The second kappa shape index (κ2) is 12.8. The van der Waals surface area contributed by atoms with Gasteiger partial charge in [0.15, 0.2) is 9.50 Å². The highest BCUT2D eigenvalue weighted by Gasteiger charge is 2.18. The standard InChI is InChI=1S/C12H13NO2S.C6H8ClN5O2S/c1-9-11(16-8-7-15-9)12(14)13-10-5-3-2-4-6-10;1-8-6(11-12(13)14)10-3-4-2-9-5(7)15-4/h2-6H,7-8H2,1H3,(H,13,14);2H,3H2,1H3,(H2,8,10,11). The van der Waals surface area contributed by atoms with E-state index in [4.69, 9.17) is 16.3 Å². The molecular weight excluding hydrogens is 464 g/mol. The maximum atomic E-state index is 11.9. The number of amides is 1. The lowest BCUT2D eigenvalue weighted by atomic mass is 10.3. The summed E-state index contributed by atoms with van der Waals surface area (Å²) in [5, 5.41) is 20.5. The van der Waals surface area contributed by atoms with Gasteiger partial charge in [0.25, 0.3) is 11.9 Å². The van der Waals surface area contributed by atoms with Gasteiger partial charge in [0.2, 0.25) is 0 Å². The highest BCUT2D eigenvalue weighted by Crippen LogP contribution is 2.26. The summed E-state index contributed by atoms with van der Waals surface area (Å²) in [5.74, 6) is 1.54. The van der Waals surface area contributed by atoms with Gasteiger partial charge in [-0.25, -0.2) is 15.1 Å². The van der Waals surface area contributed by atoms with Crippen LogP contribution in [0.5, 0.6) is 0 Å². The number of carbonyl (C=O) groups is 1. The predicted molar refractivity (Wildman–Crippen MR) is 124 cm³/mol. The van der Waals surface area contributed by atoms with Gasteiger partial charge in [0.05, 0.1) is 13.2 Å². The number of aromatic nitrogens is 1. The molecule has 1 aliphatic rings. The van der Waals surface area contributed by atoms with Crippen molar-refractivity contribution in [3.8, 4) is 0 Å². The van der Waals surface area contributed by atoms with Gasteiger partial charge in [0.1, 0.15) is 15.8 Å². The summed E-state index contributed by atoms with van der Waals surface area (Å²) < 4.78 is 5.78. The van der Waals surface area contributed by atoms with E-state index in [0.29, 0.717) is 28.3 Å². The number of hydrogen-bond acceptors (Lipinski definition) is 7. The first-order chi connectivity index (χ1) is 14.9. The number of allylic oxidation sites excluding steroid dienone is 1. The van der Waals surface area contributed by atoms with E-state index in [2.05, 4.69) is 26.0 Å².